The van der Waals surface area contributed by atoms with Crippen LogP contribution in [-0.4, -0.2) is 34.9 Å². The van der Waals surface area contributed by atoms with Gasteiger partial charge in [0, 0.05) is 19.8 Å². The molecule has 6 nitrogen and oxygen atoms in total. The van der Waals surface area contributed by atoms with E-state index in [9.17, 15) is 4.79 Å². The van der Waals surface area contributed by atoms with Crippen LogP contribution in [-0.2, 0) is 13.2 Å². The molecule has 0 aliphatic carbocycles. The molecule has 1 heterocycles. The lowest BCUT2D eigenvalue weighted by molar-refractivity contribution is 0.0778. The highest BCUT2D eigenvalue weighted by Gasteiger charge is 2.15. The number of carbonyl (C=O) groups is 1. The van der Waals surface area contributed by atoms with Crippen LogP contribution < -0.4 is 9.47 Å². The van der Waals surface area contributed by atoms with E-state index in [1.54, 1.807) is 25.3 Å². The summed E-state index contributed by atoms with van der Waals surface area (Å²) in [5.41, 5.74) is 3.11. The molecule has 2 aromatic carbocycles. The van der Waals surface area contributed by atoms with Crippen molar-refractivity contribution in [2.24, 2.45) is 0 Å². The zero-order chi connectivity index (χ0) is 19.9. The number of aryl methyl sites for hydroxylation is 1. The summed E-state index contributed by atoms with van der Waals surface area (Å²) in [7, 11) is 3.33. The van der Waals surface area contributed by atoms with Crippen molar-refractivity contribution in [3.8, 4) is 11.5 Å². The molecular formula is C22H23N3O3. The van der Waals surface area contributed by atoms with Gasteiger partial charge in [-0.15, -0.1) is 0 Å². The Hall–Kier alpha value is -3.41. The minimum absolute atomic E-state index is 0.184. The molecule has 0 atom stereocenters. The van der Waals surface area contributed by atoms with Gasteiger partial charge in [-0.3, -0.25) is 9.78 Å². The normalized spacial score (nSPS) is 10.4. The van der Waals surface area contributed by atoms with E-state index < -0.39 is 0 Å². The third-order valence-corrected chi connectivity index (χ3v) is 4.23. The van der Waals surface area contributed by atoms with Gasteiger partial charge in [0.05, 0.1) is 19.0 Å². The number of ether oxygens (including phenoxy) is 2. The Bertz CT molecular complexity index is 928. The van der Waals surface area contributed by atoms with Crippen molar-refractivity contribution in [1.29, 1.82) is 0 Å². The topological polar surface area (TPSA) is 64.5 Å². The number of methoxy groups -OCH3 is 1. The fourth-order valence-electron chi connectivity index (χ4n) is 2.71. The van der Waals surface area contributed by atoms with Crippen molar-refractivity contribution in [1.82, 2.24) is 14.9 Å². The molecule has 0 aliphatic rings. The molecule has 1 aromatic heterocycles. The van der Waals surface area contributed by atoms with Gasteiger partial charge >= 0.3 is 0 Å². The highest BCUT2D eigenvalue weighted by atomic mass is 16.5. The van der Waals surface area contributed by atoms with Gasteiger partial charge in [-0.2, -0.15) is 0 Å². The second-order valence-corrected chi connectivity index (χ2v) is 6.46. The Morgan fingerprint density at radius 3 is 2.46 bits per heavy atom. The van der Waals surface area contributed by atoms with E-state index in [0.717, 1.165) is 16.8 Å². The monoisotopic (exact) mass is 377 g/mol. The first-order valence-corrected chi connectivity index (χ1v) is 8.94. The van der Waals surface area contributed by atoms with Crippen molar-refractivity contribution >= 4 is 5.91 Å². The maximum absolute atomic E-state index is 12.5. The molecule has 0 N–H and O–H groups in total. The number of hydrogen-bond donors (Lipinski definition) is 0. The zero-order valence-corrected chi connectivity index (χ0v) is 16.3. The molecular weight excluding hydrogens is 354 g/mol. The van der Waals surface area contributed by atoms with Gasteiger partial charge in [0.15, 0.2) is 11.5 Å². The number of amides is 1. The summed E-state index contributed by atoms with van der Waals surface area (Å²) in [4.78, 5) is 22.4. The average Bonchev–Trinajstić information content (AvgIpc) is 2.73. The Labute approximate surface area is 164 Å². The summed E-state index contributed by atoms with van der Waals surface area (Å²) >= 11 is 0. The third-order valence-electron chi connectivity index (χ3n) is 4.23. The van der Waals surface area contributed by atoms with Crippen molar-refractivity contribution < 1.29 is 14.3 Å². The molecule has 3 aromatic rings. The van der Waals surface area contributed by atoms with Crippen molar-refractivity contribution in [2.75, 3.05) is 14.2 Å². The SMILES string of the molecule is COc1cc(CN(C)C(=O)c2cnc(C)cn2)ccc1OCc1ccccc1. The number of benzene rings is 2. The Balaban J connectivity index is 1.67. The van der Waals surface area contributed by atoms with Crippen molar-refractivity contribution in [3.63, 3.8) is 0 Å². The highest BCUT2D eigenvalue weighted by Crippen LogP contribution is 2.29. The number of hydrogen-bond acceptors (Lipinski definition) is 5. The van der Waals surface area contributed by atoms with Crippen LogP contribution in [0.4, 0.5) is 0 Å². The van der Waals surface area contributed by atoms with Gasteiger partial charge in [0.25, 0.3) is 5.91 Å². The Morgan fingerprint density at radius 1 is 1.00 bits per heavy atom. The van der Waals surface area contributed by atoms with Gasteiger partial charge in [0.2, 0.25) is 0 Å². The smallest absolute Gasteiger partial charge is 0.274 e. The lowest BCUT2D eigenvalue weighted by Gasteiger charge is -2.18. The largest absolute Gasteiger partial charge is 0.493 e. The standard InChI is InChI=1S/C22H23N3O3/c1-16-12-24-19(13-23-16)22(26)25(2)14-18-9-10-20(21(11-18)27-3)28-15-17-7-5-4-6-8-17/h4-13H,14-15H2,1-3H3. The number of nitrogens with zero attached hydrogens (tertiary/aromatic N) is 3. The quantitative estimate of drug-likeness (QED) is 0.629. The minimum atomic E-state index is -0.184. The van der Waals surface area contributed by atoms with Crippen LogP contribution in [0.3, 0.4) is 0 Å². The van der Waals surface area contributed by atoms with Crippen LogP contribution in [0, 0.1) is 6.92 Å². The average molecular weight is 377 g/mol. The van der Waals surface area contributed by atoms with E-state index in [1.165, 1.54) is 6.20 Å². The van der Waals surface area contributed by atoms with Crippen LogP contribution in [0.15, 0.2) is 60.9 Å². The predicted octanol–water partition coefficient (Wildman–Crippen LogP) is 3.64. The van der Waals surface area contributed by atoms with Gasteiger partial charge in [-0.05, 0) is 30.2 Å². The van der Waals surface area contributed by atoms with E-state index in [4.69, 9.17) is 9.47 Å². The van der Waals surface area contributed by atoms with Crippen LogP contribution in [0.2, 0.25) is 0 Å². The van der Waals surface area contributed by atoms with Crippen LogP contribution >= 0.6 is 0 Å². The highest BCUT2D eigenvalue weighted by molar-refractivity contribution is 5.91. The summed E-state index contributed by atoms with van der Waals surface area (Å²) in [5.74, 6) is 1.11. The first kappa shape index (κ1) is 19.4. The van der Waals surface area contributed by atoms with E-state index in [1.807, 2.05) is 55.5 Å². The fourth-order valence-corrected chi connectivity index (χ4v) is 2.71. The van der Waals surface area contributed by atoms with E-state index in [-0.39, 0.29) is 5.91 Å². The molecule has 0 aliphatic heterocycles. The van der Waals surface area contributed by atoms with Crippen LogP contribution in [0.25, 0.3) is 0 Å². The molecule has 0 unspecified atom stereocenters. The molecule has 0 spiro atoms. The second kappa shape index (κ2) is 8.99. The first-order valence-electron chi connectivity index (χ1n) is 8.94. The van der Waals surface area contributed by atoms with Crippen molar-refractivity contribution in [3.05, 3.63) is 83.4 Å². The van der Waals surface area contributed by atoms with Gasteiger partial charge in [0.1, 0.15) is 12.3 Å². The summed E-state index contributed by atoms with van der Waals surface area (Å²) in [6.45, 7) is 2.71. The summed E-state index contributed by atoms with van der Waals surface area (Å²) < 4.78 is 11.3. The Morgan fingerprint density at radius 2 is 1.79 bits per heavy atom. The zero-order valence-electron chi connectivity index (χ0n) is 16.3. The molecule has 0 saturated heterocycles. The van der Waals surface area contributed by atoms with E-state index in [0.29, 0.717) is 30.3 Å². The van der Waals surface area contributed by atoms with Gasteiger partial charge in [-0.1, -0.05) is 36.4 Å². The van der Waals surface area contributed by atoms with Crippen molar-refractivity contribution in [2.45, 2.75) is 20.1 Å². The number of carbonyl (C=O) groups excluding carboxylic acids is 1. The molecule has 28 heavy (non-hydrogen) atoms. The molecule has 144 valence electrons. The molecule has 3 rings (SSSR count). The molecule has 0 bridgehead atoms. The predicted molar refractivity (Wildman–Crippen MR) is 106 cm³/mol. The third kappa shape index (κ3) is 4.85. The second-order valence-electron chi connectivity index (χ2n) is 6.46. The molecule has 1 amide bonds. The van der Waals surface area contributed by atoms with E-state index >= 15 is 0 Å². The molecule has 0 radical (unpaired) electrons. The van der Waals surface area contributed by atoms with Gasteiger partial charge in [-0.25, -0.2) is 4.98 Å². The minimum Gasteiger partial charge on any atom is -0.493 e. The summed E-state index contributed by atoms with van der Waals surface area (Å²) in [5, 5.41) is 0. The summed E-state index contributed by atoms with van der Waals surface area (Å²) in [6, 6.07) is 15.6. The lowest BCUT2D eigenvalue weighted by atomic mass is 10.2. The number of aromatic nitrogens is 2. The Kier molecular flexibility index (Phi) is 6.22. The fraction of sp³-hybridized carbons (Fsp3) is 0.227. The number of rotatable bonds is 7. The van der Waals surface area contributed by atoms with E-state index in [2.05, 4.69) is 9.97 Å². The maximum atomic E-state index is 12.5. The maximum Gasteiger partial charge on any atom is 0.274 e. The van der Waals surface area contributed by atoms with Crippen LogP contribution in [0.5, 0.6) is 11.5 Å². The van der Waals surface area contributed by atoms with Gasteiger partial charge < -0.3 is 14.4 Å². The molecule has 6 heteroatoms. The summed E-state index contributed by atoms with van der Waals surface area (Å²) in [6.07, 6.45) is 3.08. The molecule has 0 fully saturated rings. The molecule has 0 saturated carbocycles. The lowest BCUT2D eigenvalue weighted by Crippen LogP contribution is -2.27. The first-order chi connectivity index (χ1) is 13.6. The van der Waals surface area contributed by atoms with Crippen LogP contribution in [0.1, 0.15) is 27.3 Å².